The second kappa shape index (κ2) is 7.01. The Morgan fingerprint density at radius 1 is 1.37 bits per heavy atom. The van der Waals surface area contributed by atoms with Crippen LogP contribution in [-0.2, 0) is 0 Å². The average molecular weight is 427 g/mol. The summed E-state index contributed by atoms with van der Waals surface area (Å²) in [5.74, 6) is -0.438. The Balaban J connectivity index is 2.99. The molecule has 0 amide bonds. The van der Waals surface area contributed by atoms with Crippen LogP contribution >= 0.6 is 43.5 Å². The van der Waals surface area contributed by atoms with E-state index in [0.717, 1.165) is 0 Å². The van der Waals surface area contributed by atoms with E-state index in [2.05, 4.69) is 41.9 Å². The number of rotatable bonds is 5. The molecule has 0 aliphatic rings. The predicted molar refractivity (Wildman–Crippen MR) is 73.7 cm³/mol. The molecule has 0 aliphatic heterocycles. The van der Waals surface area contributed by atoms with E-state index < -0.39 is 18.2 Å². The summed E-state index contributed by atoms with van der Waals surface area (Å²) in [7, 11) is 0. The van der Waals surface area contributed by atoms with E-state index in [-0.39, 0.29) is 18.1 Å². The summed E-state index contributed by atoms with van der Waals surface area (Å²) >= 11 is 11.6. The van der Waals surface area contributed by atoms with Crippen molar-refractivity contribution in [2.75, 3.05) is 17.7 Å². The number of nitrogens with one attached hydrogen (secondary N) is 1. The predicted octanol–water partition coefficient (Wildman–Crippen LogP) is 4.12. The zero-order valence-corrected chi connectivity index (χ0v) is 13.2. The minimum atomic E-state index is -4.80. The van der Waals surface area contributed by atoms with Crippen molar-refractivity contribution in [3.05, 3.63) is 21.1 Å². The van der Waals surface area contributed by atoms with Crippen molar-refractivity contribution in [2.45, 2.75) is 12.5 Å². The van der Waals surface area contributed by atoms with Crippen LogP contribution in [0.25, 0.3) is 0 Å². The van der Waals surface area contributed by atoms with Crippen molar-refractivity contribution < 1.29 is 23.0 Å². The van der Waals surface area contributed by atoms with Crippen molar-refractivity contribution in [2.24, 2.45) is 0 Å². The van der Waals surface area contributed by atoms with E-state index >= 15 is 0 Å². The molecule has 1 rings (SSSR count). The maximum atomic E-state index is 12.3. The summed E-state index contributed by atoms with van der Waals surface area (Å²) in [5, 5.41) is 12.0. The van der Waals surface area contributed by atoms with Gasteiger partial charge >= 0.3 is 6.36 Å². The van der Waals surface area contributed by atoms with E-state index in [4.69, 9.17) is 11.6 Å². The van der Waals surface area contributed by atoms with Gasteiger partial charge in [-0.05, 0) is 28.1 Å². The minimum Gasteiger partial charge on any atom is -0.403 e. The van der Waals surface area contributed by atoms with Gasteiger partial charge < -0.3 is 15.2 Å². The monoisotopic (exact) mass is 425 g/mol. The van der Waals surface area contributed by atoms with Crippen LogP contribution in [0.3, 0.4) is 0 Å². The van der Waals surface area contributed by atoms with Crippen LogP contribution in [0.5, 0.6) is 5.75 Å². The normalized spacial score (nSPS) is 13.2. The molecule has 0 bridgehead atoms. The highest BCUT2D eigenvalue weighted by Crippen LogP contribution is 2.38. The summed E-state index contributed by atoms with van der Waals surface area (Å²) in [6, 6.07) is 2.73. The number of ether oxygens (including phenoxy) is 1. The van der Waals surface area contributed by atoms with Gasteiger partial charge in [-0.1, -0.05) is 15.9 Å². The fourth-order valence-electron chi connectivity index (χ4n) is 1.20. The topological polar surface area (TPSA) is 41.5 Å². The molecule has 0 saturated carbocycles. The summed E-state index contributed by atoms with van der Waals surface area (Å²) in [6.45, 7) is -0.00203. The minimum absolute atomic E-state index is 0.00203. The molecule has 0 aliphatic carbocycles. The molecule has 9 heteroatoms. The lowest BCUT2D eigenvalue weighted by Crippen LogP contribution is -2.23. The van der Waals surface area contributed by atoms with Crippen molar-refractivity contribution in [3.63, 3.8) is 0 Å². The molecule has 0 radical (unpaired) electrons. The molecule has 0 aromatic heterocycles. The highest BCUT2D eigenvalue weighted by atomic mass is 79.9. The van der Waals surface area contributed by atoms with Gasteiger partial charge in [-0.15, -0.1) is 24.8 Å². The number of anilines is 1. The van der Waals surface area contributed by atoms with Crippen LogP contribution in [-0.4, -0.2) is 30.0 Å². The van der Waals surface area contributed by atoms with E-state index in [1.807, 2.05) is 0 Å². The van der Waals surface area contributed by atoms with Gasteiger partial charge in [-0.2, -0.15) is 0 Å². The lowest BCUT2D eigenvalue weighted by molar-refractivity contribution is -0.274. The van der Waals surface area contributed by atoms with Gasteiger partial charge in [0, 0.05) is 15.5 Å². The van der Waals surface area contributed by atoms with Crippen LogP contribution in [0.4, 0.5) is 18.9 Å². The average Bonchev–Trinajstić information content (AvgIpc) is 2.24. The molecule has 19 heavy (non-hydrogen) atoms. The van der Waals surface area contributed by atoms with Gasteiger partial charge in [-0.3, -0.25) is 0 Å². The molecule has 0 spiro atoms. The Hall–Kier alpha value is -0.180. The van der Waals surface area contributed by atoms with Crippen LogP contribution < -0.4 is 10.1 Å². The molecule has 2 N–H and O–H groups in total. The van der Waals surface area contributed by atoms with Crippen LogP contribution in [0, 0.1) is 0 Å². The van der Waals surface area contributed by atoms with Gasteiger partial charge in [0.2, 0.25) is 0 Å². The fourth-order valence-corrected chi connectivity index (χ4v) is 2.64. The molecule has 1 atom stereocenters. The van der Waals surface area contributed by atoms with Gasteiger partial charge in [0.1, 0.15) is 0 Å². The summed E-state index contributed by atoms with van der Waals surface area (Å²) in [4.78, 5) is 0. The molecule has 1 unspecified atom stereocenters. The van der Waals surface area contributed by atoms with E-state index in [1.54, 1.807) is 6.07 Å². The largest absolute Gasteiger partial charge is 0.573 e. The maximum absolute atomic E-state index is 12.3. The molecule has 0 heterocycles. The van der Waals surface area contributed by atoms with Crippen molar-refractivity contribution >= 4 is 49.1 Å². The third-order valence-corrected chi connectivity index (χ3v) is 3.38. The highest BCUT2D eigenvalue weighted by molar-refractivity contribution is 9.11. The standard InChI is InChI=1S/C10H9Br2ClF3NO2/c11-5-1-7(12)9(17-4-6(18)3-13)8(2-5)19-10(14,15)16/h1-2,6,17-18H,3-4H2. The van der Waals surface area contributed by atoms with Gasteiger partial charge in [-0.25, -0.2) is 0 Å². The first-order valence-corrected chi connectivity index (χ1v) is 7.07. The van der Waals surface area contributed by atoms with Gasteiger partial charge in [0.05, 0.1) is 17.7 Å². The maximum Gasteiger partial charge on any atom is 0.573 e. The van der Waals surface area contributed by atoms with Crippen LogP contribution in [0.2, 0.25) is 0 Å². The first kappa shape index (κ1) is 16.9. The number of hydrogen-bond acceptors (Lipinski definition) is 3. The van der Waals surface area contributed by atoms with Gasteiger partial charge in [0.25, 0.3) is 0 Å². The Morgan fingerprint density at radius 2 is 2.00 bits per heavy atom. The molecule has 0 saturated heterocycles. The zero-order chi connectivity index (χ0) is 14.6. The molecule has 0 fully saturated rings. The third kappa shape index (κ3) is 5.76. The quantitative estimate of drug-likeness (QED) is 0.695. The summed E-state index contributed by atoms with van der Waals surface area (Å²) < 4.78 is 41.6. The summed E-state index contributed by atoms with van der Waals surface area (Å²) in [5.41, 5.74) is 0.0877. The number of benzene rings is 1. The van der Waals surface area contributed by atoms with Crippen molar-refractivity contribution in [1.82, 2.24) is 0 Å². The Kier molecular flexibility index (Phi) is 6.22. The SMILES string of the molecule is OC(CCl)CNc1c(Br)cc(Br)cc1OC(F)(F)F. The number of aliphatic hydroxyl groups is 1. The number of halogens is 6. The second-order valence-electron chi connectivity index (χ2n) is 3.50. The van der Waals surface area contributed by atoms with E-state index in [0.29, 0.717) is 8.95 Å². The lowest BCUT2D eigenvalue weighted by Gasteiger charge is -2.17. The summed E-state index contributed by atoms with van der Waals surface area (Å²) in [6.07, 6.45) is -5.68. The molecule has 1 aromatic carbocycles. The van der Waals surface area contributed by atoms with E-state index in [1.165, 1.54) is 6.07 Å². The van der Waals surface area contributed by atoms with Crippen molar-refractivity contribution in [3.8, 4) is 5.75 Å². The lowest BCUT2D eigenvalue weighted by atomic mass is 10.2. The van der Waals surface area contributed by atoms with Crippen LogP contribution in [0.1, 0.15) is 0 Å². The Bertz CT molecular complexity index is 446. The molecule has 1 aromatic rings. The number of aliphatic hydroxyl groups excluding tert-OH is 1. The fraction of sp³-hybridized carbons (Fsp3) is 0.400. The molecular weight excluding hydrogens is 418 g/mol. The smallest absolute Gasteiger partial charge is 0.403 e. The van der Waals surface area contributed by atoms with E-state index in [9.17, 15) is 18.3 Å². The second-order valence-corrected chi connectivity index (χ2v) is 5.58. The molecule has 108 valence electrons. The molecular formula is C10H9Br2ClF3NO2. The zero-order valence-electron chi connectivity index (χ0n) is 9.27. The van der Waals surface area contributed by atoms with Crippen molar-refractivity contribution in [1.29, 1.82) is 0 Å². The number of hydrogen-bond donors (Lipinski definition) is 2. The van der Waals surface area contributed by atoms with Gasteiger partial charge in [0.15, 0.2) is 5.75 Å². The number of alkyl halides is 4. The Morgan fingerprint density at radius 3 is 2.53 bits per heavy atom. The Labute approximate surface area is 129 Å². The molecule has 3 nitrogen and oxygen atoms in total. The third-order valence-electron chi connectivity index (χ3n) is 1.94. The first-order valence-electron chi connectivity index (χ1n) is 4.95. The van der Waals surface area contributed by atoms with Crippen LogP contribution in [0.15, 0.2) is 21.1 Å². The first-order chi connectivity index (χ1) is 8.73. The highest BCUT2D eigenvalue weighted by Gasteiger charge is 2.32.